The summed E-state index contributed by atoms with van der Waals surface area (Å²) in [5, 5.41) is 2.36. The molecule has 0 spiro atoms. The molecule has 3 heteroatoms. The highest BCUT2D eigenvalue weighted by Crippen LogP contribution is 2.33. The van der Waals surface area contributed by atoms with Gasteiger partial charge in [-0.25, -0.2) is 0 Å². The molecule has 0 N–H and O–H groups in total. The summed E-state index contributed by atoms with van der Waals surface area (Å²) in [5.74, 6) is 0.392. The van der Waals surface area contributed by atoms with Crippen LogP contribution in [-0.2, 0) is 4.79 Å². The molecule has 23 heavy (non-hydrogen) atoms. The third-order valence-corrected chi connectivity index (χ3v) is 5.82. The van der Waals surface area contributed by atoms with Crippen LogP contribution in [0.3, 0.4) is 0 Å². The van der Waals surface area contributed by atoms with Gasteiger partial charge in [-0.3, -0.25) is 4.79 Å². The van der Waals surface area contributed by atoms with Crippen LogP contribution in [0, 0.1) is 0 Å². The minimum absolute atomic E-state index is 0.199. The Bertz CT molecular complexity index is 703. The van der Waals surface area contributed by atoms with E-state index in [4.69, 9.17) is 4.74 Å². The molecule has 3 aromatic rings. The van der Waals surface area contributed by atoms with Crippen molar-refractivity contribution < 1.29 is 9.53 Å². The van der Waals surface area contributed by atoms with Crippen molar-refractivity contribution in [3.8, 4) is 5.75 Å². The second-order valence-electron chi connectivity index (χ2n) is 5.04. The van der Waals surface area contributed by atoms with E-state index in [0.717, 1.165) is 0 Å². The molecule has 0 aliphatic carbocycles. The Morgan fingerprint density at radius 3 is 1.61 bits per heavy atom. The molecule has 0 saturated carbocycles. The van der Waals surface area contributed by atoms with E-state index in [1.165, 1.54) is 10.6 Å². The van der Waals surface area contributed by atoms with Gasteiger partial charge in [0.05, 0.1) is 6.16 Å². The molecule has 0 atom stereocenters. The molecule has 3 rings (SSSR count). The maximum absolute atomic E-state index is 12.4. The third kappa shape index (κ3) is 4.28. The first kappa shape index (κ1) is 15.5. The zero-order valence-corrected chi connectivity index (χ0v) is 13.5. The van der Waals surface area contributed by atoms with Crippen LogP contribution in [0.5, 0.6) is 5.75 Å². The minimum atomic E-state index is -0.761. The molecule has 0 unspecified atom stereocenters. The average Bonchev–Trinajstić information content (AvgIpc) is 2.62. The number of hydrogen-bond donors (Lipinski definition) is 0. The highest BCUT2D eigenvalue weighted by atomic mass is 31.1. The molecule has 2 nitrogen and oxygen atoms in total. The highest BCUT2D eigenvalue weighted by molar-refractivity contribution is 7.73. The maximum atomic E-state index is 12.4. The van der Waals surface area contributed by atoms with Gasteiger partial charge in [-0.2, -0.15) is 0 Å². The fraction of sp³-hybridized carbons (Fsp3) is 0.0500. The standard InChI is InChI=1S/C20H17O2P/c21-20(22-17-10-4-1-5-11-17)16-23(18-12-6-2-7-13-18)19-14-8-3-9-15-19/h1-15H,16H2. The van der Waals surface area contributed by atoms with Gasteiger partial charge in [0, 0.05) is 0 Å². The van der Waals surface area contributed by atoms with Crippen molar-refractivity contribution in [3.63, 3.8) is 0 Å². The fourth-order valence-corrected chi connectivity index (χ4v) is 4.38. The van der Waals surface area contributed by atoms with Crippen LogP contribution in [0.4, 0.5) is 0 Å². The number of hydrogen-bond acceptors (Lipinski definition) is 2. The first-order chi connectivity index (χ1) is 11.3. The molecule has 0 aliphatic heterocycles. The van der Waals surface area contributed by atoms with E-state index >= 15 is 0 Å². The van der Waals surface area contributed by atoms with Gasteiger partial charge in [0.25, 0.3) is 0 Å². The normalized spacial score (nSPS) is 10.5. The first-order valence-electron chi connectivity index (χ1n) is 7.46. The molecule has 0 bridgehead atoms. The first-order valence-corrected chi connectivity index (χ1v) is 8.99. The number of carbonyl (C=O) groups is 1. The zero-order valence-electron chi connectivity index (χ0n) is 12.6. The van der Waals surface area contributed by atoms with Crippen LogP contribution in [0.15, 0.2) is 91.0 Å². The van der Waals surface area contributed by atoms with E-state index in [9.17, 15) is 4.79 Å². The van der Waals surface area contributed by atoms with Crippen LogP contribution in [0.2, 0.25) is 0 Å². The third-order valence-electron chi connectivity index (χ3n) is 3.40. The van der Waals surface area contributed by atoms with E-state index in [1.807, 2.05) is 54.6 Å². The Morgan fingerprint density at radius 1 is 0.696 bits per heavy atom. The molecule has 0 aromatic heterocycles. The topological polar surface area (TPSA) is 26.3 Å². The number of rotatable bonds is 5. The second-order valence-corrected chi connectivity index (χ2v) is 7.25. The Hall–Kier alpha value is -2.44. The molecule has 0 amide bonds. The Labute approximate surface area is 137 Å². The molecule has 0 saturated heterocycles. The lowest BCUT2D eigenvalue weighted by molar-refractivity contribution is -0.131. The predicted molar refractivity (Wildman–Crippen MR) is 96.0 cm³/mol. The Kier molecular flexibility index (Phi) is 5.18. The van der Waals surface area contributed by atoms with Crippen LogP contribution in [-0.4, -0.2) is 12.1 Å². The van der Waals surface area contributed by atoms with Crippen LogP contribution < -0.4 is 15.3 Å². The van der Waals surface area contributed by atoms with E-state index in [1.54, 1.807) is 12.1 Å². The summed E-state index contributed by atoms with van der Waals surface area (Å²) in [6.07, 6.45) is 0.373. The molecular weight excluding hydrogens is 303 g/mol. The average molecular weight is 320 g/mol. The summed E-state index contributed by atoms with van der Waals surface area (Å²) >= 11 is 0. The summed E-state index contributed by atoms with van der Waals surface area (Å²) in [6, 6.07) is 29.5. The largest absolute Gasteiger partial charge is 0.426 e. The summed E-state index contributed by atoms with van der Waals surface area (Å²) in [7, 11) is -0.761. The van der Waals surface area contributed by atoms with E-state index in [-0.39, 0.29) is 5.97 Å². The van der Waals surface area contributed by atoms with Gasteiger partial charge in [-0.05, 0) is 30.7 Å². The Morgan fingerprint density at radius 2 is 1.13 bits per heavy atom. The molecule has 114 valence electrons. The smallest absolute Gasteiger partial charge is 0.316 e. The summed E-state index contributed by atoms with van der Waals surface area (Å²) in [5.41, 5.74) is 0. The van der Waals surface area contributed by atoms with Gasteiger partial charge >= 0.3 is 5.97 Å². The number of carbonyl (C=O) groups excluding carboxylic acids is 1. The minimum Gasteiger partial charge on any atom is -0.426 e. The van der Waals surface area contributed by atoms with Gasteiger partial charge in [0.2, 0.25) is 0 Å². The molecule has 0 heterocycles. The van der Waals surface area contributed by atoms with Crippen LogP contribution >= 0.6 is 7.92 Å². The number of benzene rings is 3. The molecular formula is C20H17O2P. The molecule has 0 radical (unpaired) electrons. The molecule has 0 aliphatic rings. The fourth-order valence-electron chi connectivity index (χ4n) is 2.33. The number of para-hydroxylation sites is 1. The highest BCUT2D eigenvalue weighted by Gasteiger charge is 2.18. The van der Waals surface area contributed by atoms with Crippen molar-refractivity contribution in [1.29, 1.82) is 0 Å². The van der Waals surface area contributed by atoms with Crippen molar-refractivity contribution in [2.45, 2.75) is 0 Å². The summed E-state index contributed by atoms with van der Waals surface area (Å²) in [6.45, 7) is 0. The quantitative estimate of drug-likeness (QED) is 0.407. The summed E-state index contributed by atoms with van der Waals surface area (Å²) in [4.78, 5) is 12.4. The summed E-state index contributed by atoms with van der Waals surface area (Å²) < 4.78 is 5.47. The van der Waals surface area contributed by atoms with E-state index in [2.05, 4.69) is 24.3 Å². The van der Waals surface area contributed by atoms with Crippen molar-refractivity contribution in [1.82, 2.24) is 0 Å². The predicted octanol–water partition coefficient (Wildman–Crippen LogP) is 3.72. The maximum Gasteiger partial charge on any atom is 0.316 e. The number of ether oxygens (including phenoxy) is 1. The number of esters is 1. The monoisotopic (exact) mass is 320 g/mol. The second kappa shape index (κ2) is 7.71. The molecule has 3 aromatic carbocycles. The lowest BCUT2D eigenvalue weighted by Gasteiger charge is -2.17. The van der Waals surface area contributed by atoms with E-state index in [0.29, 0.717) is 11.9 Å². The lowest BCUT2D eigenvalue weighted by Crippen LogP contribution is -2.21. The van der Waals surface area contributed by atoms with Gasteiger partial charge in [-0.1, -0.05) is 78.9 Å². The van der Waals surface area contributed by atoms with Gasteiger partial charge < -0.3 is 4.74 Å². The van der Waals surface area contributed by atoms with Gasteiger partial charge in [0.1, 0.15) is 5.75 Å². The van der Waals surface area contributed by atoms with Crippen LogP contribution in [0.25, 0.3) is 0 Å². The lowest BCUT2D eigenvalue weighted by atomic mass is 10.3. The van der Waals surface area contributed by atoms with Crippen molar-refractivity contribution in [2.24, 2.45) is 0 Å². The van der Waals surface area contributed by atoms with Crippen molar-refractivity contribution in [3.05, 3.63) is 91.0 Å². The van der Waals surface area contributed by atoms with Crippen LogP contribution in [0.1, 0.15) is 0 Å². The van der Waals surface area contributed by atoms with Gasteiger partial charge in [0.15, 0.2) is 0 Å². The van der Waals surface area contributed by atoms with Crippen molar-refractivity contribution >= 4 is 24.5 Å². The zero-order chi connectivity index (χ0) is 15.9. The van der Waals surface area contributed by atoms with Gasteiger partial charge in [-0.15, -0.1) is 0 Å². The van der Waals surface area contributed by atoms with E-state index < -0.39 is 7.92 Å². The Balaban J connectivity index is 1.81. The SMILES string of the molecule is O=C(CP(c1ccccc1)c1ccccc1)Oc1ccccc1. The van der Waals surface area contributed by atoms with Crippen molar-refractivity contribution in [2.75, 3.05) is 6.16 Å². The molecule has 0 fully saturated rings.